The maximum atomic E-state index is 11.6. The monoisotopic (exact) mass is 244 g/mol. The largest absolute Gasteiger partial charge is 0.355 e. The zero-order chi connectivity index (χ0) is 12.4. The maximum Gasteiger partial charge on any atom is 0.233 e. The van der Waals surface area contributed by atoms with E-state index >= 15 is 0 Å². The average molecular weight is 244 g/mol. The zero-order valence-electron chi connectivity index (χ0n) is 10.6. The Labute approximate surface area is 108 Å². The van der Waals surface area contributed by atoms with Crippen LogP contribution in [0.5, 0.6) is 0 Å². The van der Waals surface area contributed by atoms with Gasteiger partial charge in [-0.2, -0.15) is 0 Å². The molecule has 0 unspecified atom stereocenters. The first-order chi connectivity index (χ1) is 8.81. The quantitative estimate of drug-likeness (QED) is 0.819. The fourth-order valence-electron chi connectivity index (χ4n) is 2.58. The normalized spacial score (nSPS) is 18.7. The van der Waals surface area contributed by atoms with Gasteiger partial charge in [-0.25, -0.2) is 0 Å². The lowest BCUT2D eigenvalue weighted by atomic mass is 10.1. The lowest BCUT2D eigenvalue weighted by Crippen LogP contribution is -2.40. The van der Waals surface area contributed by atoms with E-state index in [0.29, 0.717) is 12.6 Å². The summed E-state index contributed by atoms with van der Waals surface area (Å²) in [5.74, 6) is 0.891. The SMILES string of the molecule is O=C(CNC1Cc2ccccc2C1)NCC1CC1. The molecule has 96 valence electrons. The molecule has 1 saturated carbocycles. The Hall–Kier alpha value is -1.35. The number of fused-ring (bicyclic) bond motifs is 1. The Balaban J connectivity index is 1.40. The predicted octanol–water partition coefficient (Wildman–Crippen LogP) is 1.27. The van der Waals surface area contributed by atoms with Crippen LogP contribution in [0, 0.1) is 5.92 Å². The second-order valence-corrected chi connectivity index (χ2v) is 5.50. The highest BCUT2D eigenvalue weighted by Gasteiger charge is 2.23. The van der Waals surface area contributed by atoms with Gasteiger partial charge in [-0.1, -0.05) is 24.3 Å². The highest BCUT2D eigenvalue weighted by Crippen LogP contribution is 2.27. The molecule has 0 radical (unpaired) electrons. The topological polar surface area (TPSA) is 41.1 Å². The van der Waals surface area contributed by atoms with Gasteiger partial charge in [0.25, 0.3) is 0 Å². The summed E-state index contributed by atoms with van der Waals surface area (Å²) in [5, 5.41) is 6.35. The molecule has 3 nitrogen and oxygen atoms in total. The lowest BCUT2D eigenvalue weighted by molar-refractivity contribution is -0.120. The molecule has 1 aromatic carbocycles. The molecular formula is C15H20N2O. The molecule has 2 aliphatic carbocycles. The molecule has 1 amide bonds. The first-order valence-corrected chi connectivity index (χ1v) is 6.88. The van der Waals surface area contributed by atoms with Gasteiger partial charge < -0.3 is 10.6 Å². The average Bonchev–Trinajstić information content (AvgIpc) is 3.11. The molecule has 2 N–H and O–H groups in total. The van der Waals surface area contributed by atoms with Crippen molar-refractivity contribution in [3.63, 3.8) is 0 Å². The van der Waals surface area contributed by atoms with E-state index in [2.05, 4.69) is 34.9 Å². The molecule has 2 aliphatic rings. The van der Waals surface area contributed by atoms with Crippen molar-refractivity contribution < 1.29 is 4.79 Å². The van der Waals surface area contributed by atoms with E-state index < -0.39 is 0 Å². The van der Waals surface area contributed by atoms with Gasteiger partial charge >= 0.3 is 0 Å². The predicted molar refractivity (Wildman–Crippen MR) is 71.4 cm³/mol. The number of carbonyl (C=O) groups is 1. The first-order valence-electron chi connectivity index (χ1n) is 6.88. The minimum Gasteiger partial charge on any atom is -0.355 e. The zero-order valence-corrected chi connectivity index (χ0v) is 10.6. The summed E-state index contributed by atoms with van der Waals surface area (Å²) in [7, 11) is 0. The van der Waals surface area contributed by atoms with Crippen molar-refractivity contribution in [1.82, 2.24) is 10.6 Å². The van der Waals surface area contributed by atoms with Crippen molar-refractivity contribution in [3.05, 3.63) is 35.4 Å². The first kappa shape index (κ1) is 11.7. The lowest BCUT2D eigenvalue weighted by Gasteiger charge is -2.11. The number of carbonyl (C=O) groups excluding carboxylic acids is 1. The molecule has 3 heteroatoms. The smallest absolute Gasteiger partial charge is 0.233 e. The summed E-state index contributed by atoms with van der Waals surface area (Å²) in [6.45, 7) is 1.32. The van der Waals surface area contributed by atoms with Crippen LogP contribution >= 0.6 is 0 Å². The van der Waals surface area contributed by atoms with Gasteiger partial charge in [0.1, 0.15) is 0 Å². The number of amides is 1. The number of hydrogen-bond donors (Lipinski definition) is 2. The Morgan fingerprint density at radius 2 is 1.83 bits per heavy atom. The Kier molecular flexibility index (Phi) is 3.33. The van der Waals surface area contributed by atoms with Crippen LogP contribution in [0.2, 0.25) is 0 Å². The van der Waals surface area contributed by atoms with Gasteiger partial charge in [-0.15, -0.1) is 0 Å². The number of nitrogens with one attached hydrogen (secondary N) is 2. The van der Waals surface area contributed by atoms with Crippen molar-refractivity contribution in [2.45, 2.75) is 31.7 Å². The number of rotatable bonds is 5. The molecule has 1 fully saturated rings. The van der Waals surface area contributed by atoms with Crippen LogP contribution in [-0.4, -0.2) is 25.0 Å². The number of benzene rings is 1. The summed E-state index contributed by atoms with van der Waals surface area (Å²) in [6, 6.07) is 8.97. The summed E-state index contributed by atoms with van der Waals surface area (Å²) in [4.78, 5) is 11.6. The highest BCUT2D eigenvalue weighted by molar-refractivity contribution is 5.78. The standard InChI is InChI=1S/C15H20N2O/c18-15(17-9-11-5-6-11)10-16-14-7-12-3-1-2-4-13(12)8-14/h1-4,11,14,16H,5-10H2,(H,17,18). The van der Waals surface area contributed by atoms with Crippen LogP contribution in [0.3, 0.4) is 0 Å². The highest BCUT2D eigenvalue weighted by atomic mass is 16.1. The van der Waals surface area contributed by atoms with Crippen LogP contribution in [0.15, 0.2) is 24.3 Å². The number of hydrogen-bond acceptors (Lipinski definition) is 2. The third-order valence-electron chi connectivity index (χ3n) is 3.89. The summed E-state index contributed by atoms with van der Waals surface area (Å²) in [5.41, 5.74) is 2.85. The molecule has 1 aromatic rings. The van der Waals surface area contributed by atoms with Gasteiger partial charge in [0, 0.05) is 12.6 Å². The minimum atomic E-state index is 0.137. The summed E-state index contributed by atoms with van der Waals surface area (Å²) >= 11 is 0. The van der Waals surface area contributed by atoms with Crippen molar-refractivity contribution in [3.8, 4) is 0 Å². The van der Waals surface area contributed by atoms with Gasteiger partial charge in [0.15, 0.2) is 0 Å². The Bertz CT molecular complexity index is 415. The van der Waals surface area contributed by atoms with Crippen molar-refractivity contribution in [1.29, 1.82) is 0 Å². The summed E-state index contributed by atoms with van der Waals surface area (Å²) < 4.78 is 0. The Morgan fingerprint density at radius 1 is 1.17 bits per heavy atom. The van der Waals surface area contributed by atoms with Crippen LogP contribution < -0.4 is 10.6 Å². The van der Waals surface area contributed by atoms with Crippen LogP contribution in [0.4, 0.5) is 0 Å². The third kappa shape index (κ3) is 2.91. The Morgan fingerprint density at radius 3 is 2.44 bits per heavy atom. The van der Waals surface area contributed by atoms with E-state index in [4.69, 9.17) is 0 Å². The van der Waals surface area contributed by atoms with Crippen molar-refractivity contribution in [2.24, 2.45) is 5.92 Å². The molecule has 3 rings (SSSR count). The van der Waals surface area contributed by atoms with Crippen molar-refractivity contribution in [2.75, 3.05) is 13.1 Å². The third-order valence-corrected chi connectivity index (χ3v) is 3.89. The molecule has 0 bridgehead atoms. The molecule has 0 aromatic heterocycles. The second-order valence-electron chi connectivity index (χ2n) is 5.50. The second kappa shape index (κ2) is 5.11. The van der Waals surface area contributed by atoms with E-state index in [1.165, 1.54) is 24.0 Å². The fourth-order valence-corrected chi connectivity index (χ4v) is 2.58. The molecule has 0 saturated heterocycles. The fraction of sp³-hybridized carbons (Fsp3) is 0.533. The molecule has 0 spiro atoms. The van der Waals surface area contributed by atoms with Crippen LogP contribution in [0.1, 0.15) is 24.0 Å². The molecule has 0 heterocycles. The van der Waals surface area contributed by atoms with Gasteiger partial charge in [0.05, 0.1) is 6.54 Å². The molecule has 0 aliphatic heterocycles. The van der Waals surface area contributed by atoms with Gasteiger partial charge in [-0.05, 0) is 42.7 Å². The van der Waals surface area contributed by atoms with E-state index in [9.17, 15) is 4.79 Å². The minimum absolute atomic E-state index is 0.137. The van der Waals surface area contributed by atoms with Gasteiger partial charge in [0.2, 0.25) is 5.91 Å². The van der Waals surface area contributed by atoms with E-state index in [1.807, 2.05) is 0 Å². The maximum absolute atomic E-state index is 11.6. The summed E-state index contributed by atoms with van der Waals surface area (Å²) in [6.07, 6.45) is 4.66. The van der Waals surface area contributed by atoms with Crippen LogP contribution in [0.25, 0.3) is 0 Å². The van der Waals surface area contributed by atoms with E-state index in [1.54, 1.807) is 0 Å². The van der Waals surface area contributed by atoms with Gasteiger partial charge in [-0.3, -0.25) is 4.79 Å². The van der Waals surface area contributed by atoms with E-state index in [0.717, 1.165) is 25.3 Å². The van der Waals surface area contributed by atoms with E-state index in [-0.39, 0.29) is 5.91 Å². The van der Waals surface area contributed by atoms with Crippen LogP contribution in [-0.2, 0) is 17.6 Å². The molecular weight excluding hydrogens is 224 g/mol. The molecule has 0 atom stereocenters. The molecule has 18 heavy (non-hydrogen) atoms. The van der Waals surface area contributed by atoms with Crippen molar-refractivity contribution >= 4 is 5.91 Å².